The first-order valence-corrected chi connectivity index (χ1v) is 11.5. The molecule has 0 aromatic rings. The van der Waals surface area contributed by atoms with Crippen LogP contribution in [0.2, 0.25) is 0 Å². The van der Waals surface area contributed by atoms with Gasteiger partial charge in [0.25, 0.3) is 0 Å². The molecule has 28 heavy (non-hydrogen) atoms. The highest BCUT2D eigenvalue weighted by Gasteiger charge is 2.26. The molecule has 1 atom stereocenters. The summed E-state index contributed by atoms with van der Waals surface area (Å²) in [6.07, 6.45) is 19.2. The van der Waals surface area contributed by atoms with Gasteiger partial charge in [0.15, 0.2) is 0 Å². The van der Waals surface area contributed by atoms with E-state index in [0.29, 0.717) is 5.57 Å². The molecular formula is C24H48BrNO2. The number of carbonyl (C=O) groups is 1. The number of hydrogen-bond donors (Lipinski definition) is 0. The summed E-state index contributed by atoms with van der Waals surface area (Å²) in [6.45, 7) is 10.6. The molecule has 0 aliphatic heterocycles. The molecule has 0 saturated heterocycles. The fraction of sp³-hybridized carbons (Fsp3) is 0.875. The van der Waals surface area contributed by atoms with Gasteiger partial charge in [0.1, 0.15) is 0 Å². The maximum atomic E-state index is 11.7. The predicted octanol–water partition coefficient (Wildman–Crippen LogP) is 4.01. The highest BCUT2D eigenvalue weighted by atomic mass is 79.9. The maximum absolute atomic E-state index is 11.7. The van der Waals surface area contributed by atoms with E-state index in [4.69, 9.17) is 4.74 Å². The van der Waals surface area contributed by atoms with Gasteiger partial charge in [-0.1, -0.05) is 90.6 Å². The molecule has 1 unspecified atom stereocenters. The standard InChI is InChI=1S/C24H48NO2.BrH/c1-7-8-9-10-11-12-13-14-15-16-17-18-19-20-21-25(5,6)23(4)27-24(26)22(2)3;/h23H,2,7-21H2,1,3-6H3;1H/q+1;/p-1. The Labute approximate surface area is 186 Å². The van der Waals surface area contributed by atoms with Crippen molar-refractivity contribution >= 4 is 5.97 Å². The van der Waals surface area contributed by atoms with Crippen LogP contribution in [0.5, 0.6) is 0 Å². The molecule has 0 fully saturated rings. The van der Waals surface area contributed by atoms with Gasteiger partial charge in [0.2, 0.25) is 6.23 Å². The smallest absolute Gasteiger partial charge is 0.337 e. The summed E-state index contributed by atoms with van der Waals surface area (Å²) in [6, 6.07) is 0. The number of ether oxygens (including phenoxy) is 1. The summed E-state index contributed by atoms with van der Waals surface area (Å²) in [5, 5.41) is 0. The van der Waals surface area contributed by atoms with Gasteiger partial charge in [0, 0.05) is 12.5 Å². The minimum atomic E-state index is -0.283. The number of unbranched alkanes of at least 4 members (excludes halogenated alkanes) is 13. The van der Waals surface area contributed by atoms with E-state index >= 15 is 0 Å². The monoisotopic (exact) mass is 461 g/mol. The Bertz CT molecular complexity index is 396. The molecule has 0 N–H and O–H groups in total. The summed E-state index contributed by atoms with van der Waals surface area (Å²) in [7, 11) is 4.28. The van der Waals surface area contributed by atoms with Gasteiger partial charge in [-0.05, 0) is 19.8 Å². The third-order valence-corrected chi connectivity index (χ3v) is 5.70. The number of carbonyl (C=O) groups excluding carboxylic acids is 1. The molecule has 4 heteroatoms. The average molecular weight is 463 g/mol. The third-order valence-electron chi connectivity index (χ3n) is 5.70. The van der Waals surface area contributed by atoms with E-state index < -0.39 is 0 Å². The predicted molar refractivity (Wildman–Crippen MR) is 118 cm³/mol. The Morgan fingerprint density at radius 3 is 1.54 bits per heavy atom. The molecule has 0 heterocycles. The van der Waals surface area contributed by atoms with Crippen LogP contribution < -0.4 is 17.0 Å². The lowest BCUT2D eigenvalue weighted by Gasteiger charge is -2.35. The molecule has 0 radical (unpaired) electrons. The minimum Gasteiger partial charge on any atom is -1.00 e. The second-order valence-electron chi connectivity index (χ2n) is 8.88. The summed E-state index contributed by atoms with van der Waals surface area (Å²) in [4.78, 5) is 11.7. The van der Waals surface area contributed by atoms with Gasteiger partial charge in [-0.2, -0.15) is 0 Å². The molecule has 0 aromatic carbocycles. The van der Waals surface area contributed by atoms with E-state index in [-0.39, 0.29) is 29.2 Å². The van der Waals surface area contributed by atoms with Gasteiger partial charge < -0.3 is 21.7 Å². The number of hydrogen-bond acceptors (Lipinski definition) is 2. The molecule has 0 saturated carbocycles. The molecule has 0 spiro atoms. The van der Waals surface area contributed by atoms with Crippen LogP contribution in [0.3, 0.4) is 0 Å². The topological polar surface area (TPSA) is 26.3 Å². The summed E-state index contributed by atoms with van der Waals surface area (Å²) in [5.74, 6) is -0.283. The molecule has 3 nitrogen and oxygen atoms in total. The molecule has 0 aliphatic carbocycles. The van der Waals surface area contributed by atoms with Crippen molar-refractivity contribution in [2.45, 2.75) is 117 Å². The van der Waals surface area contributed by atoms with Crippen molar-refractivity contribution in [3.8, 4) is 0 Å². The second kappa shape index (κ2) is 18.7. The zero-order valence-electron chi connectivity index (χ0n) is 19.5. The molecule has 0 rings (SSSR count). The quantitative estimate of drug-likeness (QED) is 0.101. The lowest BCUT2D eigenvalue weighted by molar-refractivity contribution is -0.932. The summed E-state index contributed by atoms with van der Waals surface area (Å²) in [5.41, 5.74) is 0.471. The lowest BCUT2D eigenvalue weighted by Crippen LogP contribution is -3.00. The largest absolute Gasteiger partial charge is 1.00 e. The molecule has 0 bridgehead atoms. The van der Waals surface area contributed by atoms with Gasteiger partial charge in [0.05, 0.1) is 20.6 Å². The number of esters is 1. The number of nitrogens with zero attached hydrogens (tertiary/aromatic N) is 1. The van der Waals surface area contributed by atoms with Crippen molar-refractivity contribution in [3.63, 3.8) is 0 Å². The Morgan fingerprint density at radius 1 is 0.821 bits per heavy atom. The van der Waals surface area contributed by atoms with E-state index in [2.05, 4.69) is 27.6 Å². The highest BCUT2D eigenvalue weighted by Crippen LogP contribution is 2.15. The molecular weight excluding hydrogens is 414 g/mol. The van der Waals surface area contributed by atoms with E-state index in [0.717, 1.165) is 11.0 Å². The third kappa shape index (κ3) is 16.6. The van der Waals surface area contributed by atoms with Crippen LogP contribution in [-0.4, -0.2) is 37.3 Å². The van der Waals surface area contributed by atoms with Gasteiger partial charge in [-0.15, -0.1) is 0 Å². The maximum Gasteiger partial charge on any atom is 0.337 e. The van der Waals surface area contributed by atoms with Crippen molar-refractivity contribution in [2.24, 2.45) is 0 Å². The van der Waals surface area contributed by atoms with Gasteiger partial charge in [-0.25, -0.2) is 4.79 Å². The zero-order valence-corrected chi connectivity index (χ0v) is 21.1. The Balaban J connectivity index is 0. The van der Waals surface area contributed by atoms with Gasteiger partial charge >= 0.3 is 5.97 Å². The second-order valence-corrected chi connectivity index (χ2v) is 8.88. The SMILES string of the molecule is C=C(C)C(=O)OC(C)[N+](C)(C)CCCCCCCCCCCCCCCC.[Br-]. The Morgan fingerprint density at radius 2 is 1.18 bits per heavy atom. The first kappa shape index (κ1) is 29.8. The Hall–Kier alpha value is -0.350. The van der Waals surface area contributed by atoms with Crippen molar-refractivity contribution in [1.29, 1.82) is 0 Å². The van der Waals surface area contributed by atoms with E-state index in [1.165, 1.54) is 89.9 Å². The average Bonchev–Trinajstić information content (AvgIpc) is 2.61. The van der Waals surface area contributed by atoms with E-state index in [1.807, 2.05) is 6.92 Å². The fourth-order valence-electron chi connectivity index (χ4n) is 3.29. The molecule has 0 aliphatic rings. The van der Waals surface area contributed by atoms with Crippen molar-refractivity contribution in [1.82, 2.24) is 0 Å². The van der Waals surface area contributed by atoms with Crippen LogP contribution in [0, 0.1) is 0 Å². The van der Waals surface area contributed by atoms with Crippen molar-refractivity contribution in [3.05, 3.63) is 12.2 Å². The molecule has 0 aromatic heterocycles. The van der Waals surface area contributed by atoms with Crippen LogP contribution in [-0.2, 0) is 9.53 Å². The van der Waals surface area contributed by atoms with Crippen LogP contribution >= 0.6 is 0 Å². The molecule has 0 amide bonds. The van der Waals surface area contributed by atoms with Crippen LogP contribution in [0.1, 0.15) is 111 Å². The van der Waals surface area contributed by atoms with Crippen LogP contribution in [0.25, 0.3) is 0 Å². The first-order chi connectivity index (χ1) is 12.8. The fourth-order valence-corrected chi connectivity index (χ4v) is 3.29. The number of quaternary nitrogens is 1. The van der Waals surface area contributed by atoms with E-state index in [1.54, 1.807) is 6.92 Å². The lowest BCUT2D eigenvalue weighted by atomic mass is 10.0. The zero-order chi connectivity index (χ0) is 20.5. The van der Waals surface area contributed by atoms with Crippen molar-refractivity contribution < 1.29 is 31.0 Å². The van der Waals surface area contributed by atoms with E-state index in [9.17, 15) is 4.79 Å². The summed E-state index contributed by atoms with van der Waals surface area (Å²) < 4.78 is 6.20. The molecule has 168 valence electrons. The van der Waals surface area contributed by atoms with Crippen molar-refractivity contribution in [2.75, 3.05) is 20.6 Å². The number of halogens is 1. The Kier molecular flexibility index (Phi) is 19.9. The summed E-state index contributed by atoms with van der Waals surface area (Å²) >= 11 is 0. The van der Waals surface area contributed by atoms with Gasteiger partial charge in [-0.3, -0.25) is 4.48 Å². The van der Waals surface area contributed by atoms with Crippen LogP contribution in [0.4, 0.5) is 0 Å². The highest BCUT2D eigenvalue weighted by molar-refractivity contribution is 5.86. The normalized spacial score (nSPS) is 12.3. The number of rotatable bonds is 18. The first-order valence-electron chi connectivity index (χ1n) is 11.5. The minimum absolute atomic E-state index is 0. The van der Waals surface area contributed by atoms with Crippen LogP contribution in [0.15, 0.2) is 12.2 Å².